The lowest BCUT2D eigenvalue weighted by Crippen LogP contribution is -2.36. The van der Waals surface area contributed by atoms with E-state index in [4.69, 9.17) is 5.73 Å². The molecule has 1 aromatic carbocycles. The molecular weight excluding hydrogens is 247 g/mol. The number of nitrogen functional groups attached to an aromatic ring is 1. The molecule has 0 radical (unpaired) electrons. The molecule has 5 heteroatoms. The van der Waals surface area contributed by atoms with E-state index in [9.17, 15) is 14.3 Å². The first-order chi connectivity index (χ1) is 8.97. The van der Waals surface area contributed by atoms with Crippen LogP contribution in [0.25, 0.3) is 0 Å². The average Bonchev–Trinajstić information content (AvgIpc) is 2.36. The van der Waals surface area contributed by atoms with E-state index in [0.29, 0.717) is 0 Å². The molecule has 19 heavy (non-hydrogen) atoms. The van der Waals surface area contributed by atoms with E-state index >= 15 is 0 Å². The Hall–Kier alpha value is -1.62. The summed E-state index contributed by atoms with van der Waals surface area (Å²) in [6, 6.07) is 3.67. The Kier molecular flexibility index (Phi) is 5.76. The molecule has 0 bridgehead atoms. The Balaban J connectivity index is 2.60. The van der Waals surface area contributed by atoms with Gasteiger partial charge in [-0.2, -0.15) is 0 Å². The van der Waals surface area contributed by atoms with Gasteiger partial charge in [0.05, 0.1) is 6.10 Å². The number of hydrogen-bond acceptors (Lipinski definition) is 3. The summed E-state index contributed by atoms with van der Waals surface area (Å²) in [5.41, 5.74) is 5.84. The highest BCUT2D eigenvalue weighted by molar-refractivity contribution is 5.95. The molecule has 0 heterocycles. The molecule has 1 rings (SSSR count). The molecule has 0 aliphatic carbocycles. The summed E-state index contributed by atoms with van der Waals surface area (Å²) in [6.07, 6.45) is 1.10. The summed E-state index contributed by atoms with van der Waals surface area (Å²) < 4.78 is 13.1. The van der Waals surface area contributed by atoms with Gasteiger partial charge in [-0.05, 0) is 24.1 Å². The summed E-state index contributed by atoms with van der Waals surface area (Å²) in [5, 5.41) is 12.5. The molecule has 1 amide bonds. The van der Waals surface area contributed by atoms with Gasteiger partial charge >= 0.3 is 0 Å². The van der Waals surface area contributed by atoms with Gasteiger partial charge in [-0.1, -0.05) is 26.7 Å². The lowest BCUT2D eigenvalue weighted by Gasteiger charge is -2.20. The number of carbonyl (C=O) groups excluding carboxylic acids is 1. The van der Waals surface area contributed by atoms with E-state index < -0.39 is 17.8 Å². The highest BCUT2D eigenvalue weighted by Crippen LogP contribution is 2.13. The Morgan fingerprint density at radius 2 is 2.00 bits per heavy atom. The molecule has 0 spiro atoms. The van der Waals surface area contributed by atoms with Gasteiger partial charge in [-0.15, -0.1) is 0 Å². The smallest absolute Gasteiger partial charge is 0.251 e. The highest BCUT2D eigenvalue weighted by atomic mass is 19.1. The van der Waals surface area contributed by atoms with E-state index in [1.165, 1.54) is 6.07 Å². The number of nitrogens with one attached hydrogen (secondary N) is 1. The van der Waals surface area contributed by atoms with E-state index in [0.717, 1.165) is 25.0 Å². The largest absolute Gasteiger partial charge is 0.399 e. The lowest BCUT2D eigenvalue weighted by atomic mass is 9.96. The summed E-state index contributed by atoms with van der Waals surface area (Å²) in [7, 11) is 0. The van der Waals surface area contributed by atoms with Crippen molar-refractivity contribution in [1.29, 1.82) is 0 Å². The second-order valence-electron chi connectivity index (χ2n) is 4.63. The molecule has 1 aromatic rings. The molecule has 0 saturated heterocycles. The van der Waals surface area contributed by atoms with Crippen LogP contribution in [-0.2, 0) is 0 Å². The van der Waals surface area contributed by atoms with Crippen molar-refractivity contribution >= 4 is 11.6 Å². The maximum atomic E-state index is 13.1. The van der Waals surface area contributed by atoms with Crippen LogP contribution in [0.2, 0.25) is 0 Å². The second kappa shape index (κ2) is 7.09. The van der Waals surface area contributed by atoms with Crippen molar-refractivity contribution in [3.05, 3.63) is 29.6 Å². The highest BCUT2D eigenvalue weighted by Gasteiger charge is 2.17. The molecule has 4 N–H and O–H groups in total. The van der Waals surface area contributed by atoms with Gasteiger partial charge in [0.2, 0.25) is 0 Å². The predicted octanol–water partition coefficient (Wildman–Crippen LogP) is 1.93. The number of aliphatic hydroxyl groups is 1. The summed E-state index contributed by atoms with van der Waals surface area (Å²) in [4.78, 5) is 11.8. The number of hydrogen-bond donors (Lipinski definition) is 3. The fourth-order valence-corrected chi connectivity index (χ4v) is 2.04. The zero-order chi connectivity index (χ0) is 14.4. The molecule has 1 unspecified atom stereocenters. The van der Waals surface area contributed by atoms with Gasteiger partial charge in [0.15, 0.2) is 0 Å². The van der Waals surface area contributed by atoms with Crippen molar-refractivity contribution in [2.75, 3.05) is 12.3 Å². The standard InChI is InChI=1S/C14H21FN2O2/c1-3-9(4-2)13(18)8-17-14(19)10-5-11(15)7-12(16)6-10/h5-7,9,13,18H,3-4,8,16H2,1-2H3,(H,17,19). The van der Waals surface area contributed by atoms with Crippen LogP contribution in [0.15, 0.2) is 18.2 Å². The minimum Gasteiger partial charge on any atom is -0.399 e. The zero-order valence-electron chi connectivity index (χ0n) is 11.3. The van der Waals surface area contributed by atoms with Crippen LogP contribution >= 0.6 is 0 Å². The summed E-state index contributed by atoms with van der Waals surface area (Å²) >= 11 is 0. The van der Waals surface area contributed by atoms with Crippen molar-refractivity contribution in [3.63, 3.8) is 0 Å². The second-order valence-corrected chi connectivity index (χ2v) is 4.63. The number of benzene rings is 1. The monoisotopic (exact) mass is 268 g/mol. The van der Waals surface area contributed by atoms with Gasteiger partial charge in [0.25, 0.3) is 5.91 Å². The first-order valence-electron chi connectivity index (χ1n) is 6.50. The van der Waals surface area contributed by atoms with Gasteiger partial charge in [0.1, 0.15) is 5.82 Å². The Morgan fingerprint density at radius 3 is 2.53 bits per heavy atom. The number of halogens is 1. The number of carbonyl (C=O) groups is 1. The van der Waals surface area contributed by atoms with Crippen molar-refractivity contribution in [1.82, 2.24) is 5.32 Å². The molecule has 106 valence electrons. The van der Waals surface area contributed by atoms with Gasteiger partial charge in [0, 0.05) is 17.8 Å². The maximum Gasteiger partial charge on any atom is 0.251 e. The van der Waals surface area contributed by atoms with Crippen LogP contribution in [0.4, 0.5) is 10.1 Å². The lowest BCUT2D eigenvalue weighted by molar-refractivity contribution is 0.0816. The third-order valence-electron chi connectivity index (χ3n) is 3.25. The molecule has 0 aliphatic heterocycles. The van der Waals surface area contributed by atoms with Crippen molar-refractivity contribution in [2.24, 2.45) is 5.92 Å². The molecule has 0 aromatic heterocycles. The Bertz CT molecular complexity index is 413. The minimum atomic E-state index is -0.593. The minimum absolute atomic E-state index is 0.151. The molecule has 4 nitrogen and oxygen atoms in total. The molecule has 0 saturated carbocycles. The van der Waals surface area contributed by atoms with Crippen molar-refractivity contribution in [2.45, 2.75) is 32.8 Å². The predicted molar refractivity (Wildman–Crippen MR) is 73.2 cm³/mol. The fraction of sp³-hybridized carbons (Fsp3) is 0.500. The number of aliphatic hydroxyl groups excluding tert-OH is 1. The SMILES string of the molecule is CCC(CC)C(O)CNC(=O)c1cc(N)cc(F)c1. The number of rotatable bonds is 6. The van der Waals surface area contributed by atoms with E-state index in [2.05, 4.69) is 5.32 Å². The van der Waals surface area contributed by atoms with E-state index in [-0.39, 0.29) is 23.7 Å². The third kappa shape index (κ3) is 4.52. The zero-order valence-corrected chi connectivity index (χ0v) is 11.3. The van der Waals surface area contributed by atoms with Gasteiger partial charge in [-0.25, -0.2) is 4.39 Å². The third-order valence-corrected chi connectivity index (χ3v) is 3.25. The average molecular weight is 268 g/mol. The first-order valence-corrected chi connectivity index (χ1v) is 6.50. The van der Waals surface area contributed by atoms with Crippen LogP contribution in [0.3, 0.4) is 0 Å². The number of nitrogens with two attached hydrogens (primary N) is 1. The fourth-order valence-electron chi connectivity index (χ4n) is 2.04. The Labute approximate surface area is 112 Å². The van der Waals surface area contributed by atoms with Crippen LogP contribution in [-0.4, -0.2) is 23.7 Å². The normalized spacial score (nSPS) is 12.5. The molecule has 1 atom stereocenters. The van der Waals surface area contributed by atoms with Crippen LogP contribution < -0.4 is 11.1 Å². The summed E-state index contributed by atoms with van der Waals surface area (Å²) in [6.45, 7) is 4.14. The van der Waals surface area contributed by atoms with Gasteiger partial charge in [-0.3, -0.25) is 4.79 Å². The van der Waals surface area contributed by atoms with E-state index in [1.807, 2.05) is 13.8 Å². The topological polar surface area (TPSA) is 75.3 Å². The van der Waals surface area contributed by atoms with Crippen LogP contribution in [0, 0.1) is 11.7 Å². The molecule has 0 fully saturated rings. The van der Waals surface area contributed by atoms with Crippen LogP contribution in [0.1, 0.15) is 37.0 Å². The molecular formula is C14H21FN2O2. The van der Waals surface area contributed by atoms with Gasteiger partial charge < -0.3 is 16.2 Å². The van der Waals surface area contributed by atoms with E-state index in [1.54, 1.807) is 0 Å². The van der Waals surface area contributed by atoms with Crippen LogP contribution in [0.5, 0.6) is 0 Å². The molecule has 0 aliphatic rings. The number of anilines is 1. The first kappa shape index (κ1) is 15.4. The van der Waals surface area contributed by atoms with Crippen molar-refractivity contribution < 1.29 is 14.3 Å². The maximum absolute atomic E-state index is 13.1. The quantitative estimate of drug-likeness (QED) is 0.690. The summed E-state index contributed by atoms with van der Waals surface area (Å²) in [5.74, 6) is -0.834. The Morgan fingerprint density at radius 1 is 1.37 bits per heavy atom. The van der Waals surface area contributed by atoms with Crippen molar-refractivity contribution in [3.8, 4) is 0 Å². The number of amides is 1.